The van der Waals surface area contributed by atoms with E-state index in [2.05, 4.69) is 26.6 Å². The van der Waals surface area contributed by atoms with Gasteiger partial charge in [0.1, 0.15) is 5.75 Å². The lowest BCUT2D eigenvalue weighted by atomic mass is 10.1. The molecule has 8 nitrogen and oxygen atoms in total. The summed E-state index contributed by atoms with van der Waals surface area (Å²) < 4.78 is 7.87. The average Bonchev–Trinajstić information content (AvgIpc) is 2.91. The molecule has 1 aromatic heterocycles. The minimum absolute atomic E-state index is 0.0775. The smallest absolute Gasteiger partial charge is 0.323 e. The van der Waals surface area contributed by atoms with Crippen LogP contribution in [0, 0.1) is 0 Å². The molecule has 0 atom stereocenters. The summed E-state index contributed by atoms with van der Waals surface area (Å²) in [6, 6.07) is 23.1. The molecule has 4 aromatic rings. The van der Waals surface area contributed by atoms with E-state index in [1.165, 1.54) is 7.11 Å². The van der Waals surface area contributed by atoms with Crippen LogP contribution in [0.2, 0.25) is 0 Å². The normalized spacial score (nSPS) is 10.6. The molecule has 38 heavy (non-hydrogen) atoms. The number of carbonyl (C=O) groups is 2. The maximum Gasteiger partial charge on any atom is 0.323 e. The molecule has 1 heterocycles. The molecule has 2 amide bonds. The predicted octanol–water partition coefficient (Wildman–Crippen LogP) is 6.00. The number of hydrogen-bond donors (Lipinski definition) is 3. The number of hydrogen-bond acceptors (Lipinski definition) is 4. The first-order valence-electron chi connectivity index (χ1n) is 11.8. The molecule has 0 radical (unpaired) electrons. The second-order valence-corrected chi connectivity index (χ2v) is 9.39. The minimum atomic E-state index is -0.832. The van der Waals surface area contributed by atoms with Gasteiger partial charge >= 0.3 is 12.0 Å². The van der Waals surface area contributed by atoms with Crippen molar-refractivity contribution in [3.63, 3.8) is 0 Å². The molecule has 0 aliphatic carbocycles. The zero-order chi connectivity index (χ0) is 27.1. The van der Waals surface area contributed by atoms with Crippen LogP contribution in [0.25, 0.3) is 11.1 Å². The molecule has 0 bridgehead atoms. The van der Waals surface area contributed by atoms with E-state index in [0.717, 1.165) is 15.6 Å². The highest BCUT2D eigenvalue weighted by Gasteiger charge is 2.13. The number of amides is 2. The molecular weight excluding hydrogens is 550 g/mol. The number of aromatic nitrogens is 1. The lowest BCUT2D eigenvalue weighted by molar-refractivity contribution is -0.136. The van der Waals surface area contributed by atoms with Gasteiger partial charge in [0.15, 0.2) is 0 Å². The molecule has 194 valence electrons. The molecule has 0 fully saturated rings. The third-order valence-electron chi connectivity index (χ3n) is 5.91. The minimum Gasteiger partial charge on any atom is -0.495 e. The van der Waals surface area contributed by atoms with Gasteiger partial charge in [0.25, 0.3) is 5.56 Å². The maximum absolute atomic E-state index is 13.3. The Bertz CT molecular complexity index is 1520. The molecule has 0 aliphatic heterocycles. The highest BCUT2D eigenvalue weighted by molar-refractivity contribution is 9.10. The number of carboxylic acids is 1. The summed E-state index contributed by atoms with van der Waals surface area (Å²) in [5.41, 5.74) is 3.92. The molecule has 0 spiro atoms. The SMILES string of the molecule is COc1cc(-c2cccn(Cc3ccc(CCC(=O)O)cc3)c2=O)ccc1NC(=O)Nc1ccccc1Br. The Balaban J connectivity index is 1.50. The number of aliphatic carboxylic acids is 1. The standard InChI is InChI=1S/C29H26BrN3O5/c1-38-26-17-21(13-14-25(26)32-29(37)31-24-7-3-2-6-23(24)30)22-5-4-16-33(28(22)36)18-20-10-8-19(9-11-20)12-15-27(34)35/h2-11,13-14,16-17H,12,15,18H2,1H3,(H,34,35)(H2,31,32,37). The second-order valence-electron chi connectivity index (χ2n) is 8.54. The van der Waals surface area contributed by atoms with Crippen LogP contribution < -0.4 is 20.9 Å². The van der Waals surface area contributed by atoms with Crippen molar-refractivity contribution < 1.29 is 19.4 Å². The van der Waals surface area contributed by atoms with Gasteiger partial charge in [-0.3, -0.25) is 9.59 Å². The number of pyridine rings is 1. The number of carbonyl (C=O) groups excluding carboxylic acids is 1. The Morgan fingerprint density at radius 1 is 0.921 bits per heavy atom. The van der Waals surface area contributed by atoms with Crippen molar-refractivity contribution in [2.45, 2.75) is 19.4 Å². The van der Waals surface area contributed by atoms with E-state index < -0.39 is 12.0 Å². The van der Waals surface area contributed by atoms with Crippen LogP contribution in [0.4, 0.5) is 16.2 Å². The number of anilines is 2. The average molecular weight is 576 g/mol. The first kappa shape index (κ1) is 26.7. The van der Waals surface area contributed by atoms with Crippen LogP contribution in [-0.2, 0) is 17.8 Å². The van der Waals surface area contributed by atoms with Gasteiger partial charge in [0.05, 0.1) is 25.0 Å². The van der Waals surface area contributed by atoms with Crippen molar-refractivity contribution in [1.29, 1.82) is 0 Å². The van der Waals surface area contributed by atoms with E-state index in [1.54, 1.807) is 41.1 Å². The van der Waals surface area contributed by atoms with Crippen LogP contribution in [0.1, 0.15) is 17.5 Å². The fourth-order valence-corrected chi connectivity index (χ4v) is 4.32. The summed E-state index contributed by atoms with van der Waals surface area (Å²) in [4.78, 5) is 36.6. The third kappa shape index (κ3) is 6.68. The second kappa shape index (κ2) is 12.2. The molecule has 9 heteroatoms. The molecule has 4 rings (SSSR count). The van der Waals surface area contributed by atoms with E-state index in [1.807, 2.05) is 48.5 Å². The topological polar surface area (TPSA) is 110 Å². The number of benzene rings is 3. The summed E-state index contributed by atoms with van der Waals surface area (Å²) in [5, 5.41) is 14.4. The Labute approximate surface area is 228 Å². The molecule has 0 saturated heterocycles. The Kier molecular flexibility index (Phi) is 8.60. The van der Waals surface area contributed by atoms with Gasteiger partial charge in [-0.2, -0.15) is 0 Å². The van der Waals surface area contributed by atoms with Gasteiger partial charge < -0.3 is 25.0 Å². The number of aryl methyl sites for hydroxylation is 1. The number of para-hydroxylation sites is 1. The van der Waals surface area contributed by atoms with Crippen molar-refractivity contribution in [1.82, 2.24) is 4.57 Å². The zero-order valence-electron chi connectivity index (χ0n) is 20.6. The summed E-state index contributed by atoms with van der Waals surface area (Å²) in [6.07, 6.45) is 2.26. The fraction of sp³-hybridized carbons (Fsp3) is 0.138. The molecule has 0 unspecified atom stereocenters. The maximum atomic E-state index is 13.3. The van der Waals surface area contributed by atoms with Crippen molar-refractivity contribution in [3.8, 4) is 16.9 Å². The van der Waals surface area contributed by atoms with Gasteiger partial charge in [-0.05, 0) is 75.4 Å². The monoisotopic (exact) mass is 575 g/mol. The Morgan fingerprint density at radius 3 is 2.34 bits per heavy atom. The lowest BCUT2D eigenvalue weighted by Gasteiger charge is -2.14. The highest BCUT2D eigenvalue weighted by Crippen LogP contribution is 2.30. The third-order valence-corrected chi connectivity index (χ3v) is 6.60. The fourth-order valence-electron chi connectivity index (χ4n) is 3.94. The van der Waals surface area contributed by atoms with Crippen molar-refractivity contribution in [2.24, 2.45) is 0 Å². The number of carboxylic acid groups (broad SMARTS) is 1. The summed E-state index contributed by atoms with van der Waals surface area (Å²) in [7, 11) is 1.50. The van der Waals surface area contributed by atoms with Gasteiger partial charge in [-0.25, -0.2) is 4.79 Å². The summed E-state index contributed by atoms with van der Waals surface area (Å²) in [5.74, 6) is -0.418. The first-order chi connectivity index (χ1) is 18.3. The number of nitrogens with one attached hydrogen (secondary N) is 2. The van der Waals surface area contributed by atoms with Gasteiger partial charge in [-0.1, -0.05) is 42.5 Å². The first-order valence-corrected chi connectivity index (χ1v) is 12.6. The Hall–Kier alpha value is -4.37. The summed E-state index contributed by atoms with van der Waals surface area (Å²) in [6.45, 7) is 0.373. The zero-order valence-corrected chi connectivity index (χ0v) is 22.2. The van der Waals surface area contributed by atoms with Crippen molar-refractivity contribution in [3.05, 3.63) is 111 Å². The Morgan fingerprint density at radius 2 is 1.63 bits per heavy atom. The van der Waals surface area contributed by atoms with E-state index in [9.17, 15) is 14.4 Å². The molecule has 3 aromatic carbocycles. The molecular formula is C29H26BrN3O5. The molecule has 0 aliphatic rings. The number of urea groups is 1. The van der Waals surface area contributed by atoms with Crippen LogP contribution in [0.5, 0.6) is 5.75 Å². The van der Waals surface area contributed by atoms with E-state index in [0.29, 0.717) is 41.2 Å². The molecule has 0 saturated carbocycles. The number of ether oxygens (including phenoxy) is 1. The quantitative estimate of drug-likeness (QED) is 0.227. The number of rotatable bonds is 9. The van der Waals surface area contributed by atoms with Crippen LogP contribution in [0.3, 0.4) is 0 Å². The summed E-state index contributed by atoms with van der Waals surface area (Å²) >= 11 is 3.40. The van der Waals surface area contributed by atoms with Crippen LogP contribution in [-0.4, -0.2) is 28.8 Å². The largest absolute Gasteiger partial charge is 0.495 e. The van der Waals surface area contributed by atoms with Crippen LogP contribution >= 0.6 is 15.9 Å². The highest BCUT2D eigenvalue weighted by atomic mass is 79.9. The predicted molar refractivity (Wildman–Crippen MR) is 151 cm³/mol. The van der Waals surface area contributed by atoms with Gasteiger partial charge in [-0.15, -0.1) is 0 Å². The van der Waals surface area contributed by atoms with E-state index in [4.69, 9.17) is 9.84 Å². The van der Waals surface area contributed by atoms with Gasteiger partial charge in [0, 0.05) is 22.7 Å². The lowest BCUT2D eigenvalue weighted by Crippen LogP contribution is -2.21. The van der Waals surface area contributed by atoms with Gasteiger partial charge in [0.2, 0.25) is 0 Å². The number of methoxy groups -OCH3 is 1. The number of halogens is 1. The van der Waals surface area contributed by atoms with Crippen molar-refractivity contribution >= 4 is 39.3 Å². The molecule has 3 N–H and O–H groups in total. The van der Waals surface area contributed by atoms with E-state index in [-0.39, 0.29) is 12.0 Å². The van der Waals surface area contributed by atoms with Crippen molar-refractivity contribution in [2.75, 3.05) is 17.7 Å². The van der Waals surface area contributed by atoms with E-state index >= 15 is 0 Å². The number of nitrogens with zero attached hydrogens (tertiary/aromatic N) is 1. The van der Waals surface area contributed by atoms with Crippen LogP contribution in [0.15, 0.2) is 94.3 Å².